The molecular weight excluding hydrogens is 408 g/mol. The number of aryl methyl sites for hydroxylation is 1. The molecule has 8 heteroatoms. The first-order valence-electron chi connectivity index (χ1n) is 11.4. The molecule has 32 heavy (non-hydrogen) atoms. The van der Waals surface area contributed by atoms with Crippen molar-refractivity contribution in [2.24, 2.45) is 0 Å². The van der Waals surface area contributed by atoms with Crippen molar-refractivity contribution in [2.75, 3.05) is 13.2 Å². The molecule has 0 aliphatic carbocycles. The molecule has 1 atom stereocenters. The molecule has 1 fully saturated rings. The minimum absolute atomic E-state index is 0.119. The van der Waals surface area contributed by atoms with Crippen molar-refractivity contribution in [3.63, 3.8) is 0 Å². The highest BCUT2D eigenvalue weighted by Crippen LogP contribution is 2.15. The number of imidazole rings is 1. The van der Waals surface area contributed by atoms with Gasteiger partial charge in [0.05, 0.1) is 12.9 Å². The van der Waals surface area contributed by atoms with Gasteiger partial charge >= 0.3 is 5.69 Å². The molecule has 0 radical (unpaired) electrons. The van der Waals surface area contributed by atoms with E-state index in [0.717, 1.165) is 31.4 Å². The Kier molecular flexibility index (Phi) is 6.91. The zero-order valence-corrected chi connectivity index (χ0v) is 19.1. The molecule has 8 nitrogen and oxygen atoms in total. The van der Waals surface area contributed by atoms with Crippen LogP contribution in [0.25, 0.3) is 11.2 Å². The van der Waals surface area contributed by atoms with Gasteiger partial charge in [-0.15, -0.1) is 0 Å². The van der Waals surface area contributed by atoms with Crippen molar-refractivity contribution in [3.05, 3.63) is 62.6 Å². The molecule has 3 aromatic rings. The molecule has 0 amide bonds. The zero-order valence-electron chi connectivity index (χ0n) is 19.1. The van der Waals surface area contributed by atoms with Crippen LogP contribution in [0.5, 0.6) is 0 Å². The highest BCUT2D eigenvalue weighted by molar-refractivity contribution is 5.70. The average Bonchev–Trinajstić information content (AvgIpc) is 3.18. The van der Waals surface area contributed by atoms with E-state index in [4.69, 9.17) is 9.47 Å². The van der Waals surface area contributed by atoms with Gasteiger partial charge in [0.2, 0.25) is 0 Å². The maximum Gasteiger partial charge on any atom is 0.332 e. The predicted molar refractivity (Wildman–Crippen MR) is 123 cm³/mol. The van der Waals surface area contributed by atoms with E-state index in [1.807, 2.05) is 49.6 Å². The SMILES string of the molecule is Cc1ccc(Cn2cnc3c2c(=O)n(CCCOC2CCCCO2)c(=O)n3C(C)C)cc1. The van der Waals surface area contributed by atoms with E-state index in [-0.39, 0.29) is 23.6 Å². The maximum atomic E-state index is 13.4. The van der Waals surface area contributed by atoms with E-state index in [1.165, 1.54) is 10.1 Å². The molecule has 0 saturated carbocycles. The Morgan fingerprint density at radius 3 is 2.66 bits per heavy atom. The van der Waals surface area contributed by atoms with Crippen LogP contribution in [0.4, 0.5) is 0 Å². The zero-order chi connectivity index (χ0) is 22.7. The molecule has 1 saturated heterocycles. The van der Waals surface area contributed by atoms with E-state index in [2.05, 4.69) is 4.98 Å². The fourth-order valence-electron chi connectivity index (χ4n) is 4.15. The van der Waals surface area contributed by atoms with Crippen LogP contribution in [0.3, 0.4) is 0 Å². The molecule has 0 bridgehead atoms. The third-order valence-electron chi connectivity index (χ3n) is 5.89. The summed E-state index contributed by atoms with van der Waals surface area (Å²) in [7, 11) is 0. The van der Waals surface area contributed by atoms with Gasteiger partial charge in [0.25, 0.3) is 5.56 Å². The molecule has 1 aromatic carbocycles. The molecule has 1 unspecified atom stereocenters. The molecule has 4 rings (SSSR count). The van der Waals surface area contributed by atoms with E-state index >= 15 is 0 Å². The number of rotatable bonds is 8. The highest BCUT2D eigenvalue weighted by atomic mass is 16.7. The molecule has 0 N–H and O–H groups in total. The Labute approximate surface area is 187 Å². The van der Waals surface area contributed by atoms with E-state index in [1.54, 1.807) is 10.9 Å². The van der Waals surface area contributed by atoms with Gasteiger partial charge in [-0.1, -0.05) is 29.8 Å². The second-order valence-corrected chi connectivity index (χ2v) is 8.75. The average molecular weight is 441 g/mol. The van der Waals surface area contributed by atoms with Crippen molar-refractivity contribution >= 4 is 11.2 Å². The highest BCUT2D eigenvalue weighted by Gasteiger charge is 2.20. The Balaban J connectivity index is 1.62. The first kappa shape index (κ1) is 22.5. The second kappa shape index (κ2) is 9.83. The monoisotopic (exact) mass is 440 g/mol. The number of nitrogens with zero attached hydrogens (tertiary/aromatic N) is 4. The smallest absolute Gasteiger partial charge is 0.332 e. The Bertz CT molecular complexity index is 1170. The normalized spacial score (nSPS) is 16.8. The molecule has 172 valence electrons. The van der Waals surface area contributed by atoms with E-state index in [9.17, 15) is 9.59 Å². The number of fused-ring (bicyclic) bond motifs is 1. The summed E-state index contributed by atoms with van der Waals surface area (Å²) < 4.78 is 16.1. The topological polar surface area (TPSA) is 80.3 Å². The van der Waals surface area contributed by atoms with Gasteiger partial charge in [0.1, 0.15) is 0 Å². The fourth-order valence-corrected chi connectivity index (χ4v) is 4.15. The second-order valence-electron chi connectivity index (χ2n) is 8.75. The van der Waals surface area contributed by atoms with Gasteiger partial charge in [0, 0.05) is 25.7 Å². The molecular formula is C24H32N4O4. The first-order valence-corrected chi connectivity index (χ1v) is 11.4. The Morgan fingerprint density at radius 1 is 1.19 bits per heavy atom. The van der Waals surface area contributed by atoms with Crippen LogP contribution in [0.15, 0.2) is 40.2 Å². The Morgan fingerprint density at radius 2 is 1.97 bits per heavy atom. The van der Waals surface area contributed by atoms with Gasteiger partial charge in [-0.2, -0.15) is 0 Å². The lowest BCUT2D eigenvalue weighted by Crippen LogP contribution is -2.41. The molecule has 3 heterocycles. The summed E-state index contributed by atoms with van der Waals surface area (Å²) >= 11 is 0. The van der Waals surface area contributed by atoms with Crippen LogP contribution in [0.1, 0.15) is 56.7 Å². The van der Waals surface area contributed by atoms with Gasteiger partial charge in [0.15, 0.2) is 17.5 Å². The van der Waals surface area contributed by atoms with Crippen LogP contribution in [-0.4, -0.2) is 38.2 Å². The van der Waals surface area contributed by atoms with Crippen molar-refractivity contribution in [1.82, 2.24) is 18.7 Å². The van der Waals surface area contributed by atoms with Crippen LogP contribution in [0, 0.1) is 6.92 Å². The third kappa shape index (κ3) is 4.71. The van der Waals surface area contributed by atoms with E-state index in [0.29, 0.717) is 37.3 Å². The number of hydrogen-bond donors (Lipinski definition) is 0. The van der Waals surface area contributed by atoms with Crippen LogP contribution in [0.2, 0.25) is 0 Å². The van der Waals surface area contributed by atoms with Crippen LogP contribution < -0.4 is 11.2 Å². The minimum atomic E-state index is -0.327. The number of benzene rings is 1. The van der Waals surface area contributed by atoms with Crippen LogP contribution >= 0.6 is 0 Å². The summed E-state index contributed by atoms with van der Waals surface area (Å²) in [5, 5.41) is 0. The lowest BCUT2D eigenvalue weighted by molar-refractivity contribution is -0.163. The van der Waals surface area contributed by atoms with Crippen LogP contribution in [-0.2, 0) is 22.6 Å². The number of hydrogen-bond acceptors (Lipinski definition) is 5. The van der Waals surface area contributed by atoms with Crippen molar-refractivity contribution < 1.29 is 9.47 Å². The first-order chi connectivity index (χ1) is 15.5. The summed E-state index contributed by atoms with van der Waals surface area (Å²) in [6.07, 6.45) is 5.10. The quantitative estimate of drug-likeness (QED) is 0.503. The molecule has 0 spiro atoms. The lowest BCUT2D eigenvalue weighted by Gasteiger charge is -2.22. The molecule has 2 aromatic heterocycles. The summed E-state index contributed by atoms with van der Waals surface area (Å²) in [5.74, 6) is 0. The predicted octanol–water partition coefficient (Wildman–Crippen LogP) is 3.23. The third-order valence-corrected chi connectivity index (χ3v) is 5.89. The number of ether oxygens (including phenoxy) is 2. The fraction of sp³-hybridized carbons (Fsp3) is 0.542. The van der Waals surface area contributed by atoms with Crippen molar-refractivity contribution in [1.29, 1.82) is 0 Å². The minimum Gasteiger partial charge on any atom is -0.353 e. The molecule has 1 aliphatic rings. The van der Waals surface area contributed by atoms with Gasteiger partial charge in [-0.05, 0) is 52.0 Å². The summed E-state index contributed by atoms with van der Waals surface area (Å²) in [6, 6.07) is 8.07. The van der Waals surface area contributed by atoms with Gasteiger partial charge in [-0.25, -0.2) is 9.78 Å². The summed E-state index contributed by atoms with van der Waals surface area (Å²) in [4.78, 5) is 31.0. The largest absolute Gasteiger partial charge is 0.353 e. The van der Waals surface area contributed by atoms with E-state index < -0.39 is 0 Å². The lowest BCUT2D eigenvalue weighted by atomic mass is 10.1. The van der Waals surface area contributed by atoms with Crippen molar-refractivity contribution in [3.8, 4) is 0 Å². The molecule has 1 aliphatic heterocycles. The maximum absolute atomic E-state index is 13.4. The standard InChI is InChI=1S/C24H32N4O4/c1-17(2)28-22-21(26(16-25-22)15-19-10-8-18(3)9-11-19)23(29)27(24(28)30)12-6-14-32-20-7-4-5-13-31-20/h8-11,16-17,20H,4-7,12-15H2,1-3H3. The summed E-state index contributed by atoms with van der Waals surface area (Å²) in [6.45, 7) is 7.88. The van der Waals surface area contributed by atoms with Gasteiger partial charge in [-0.3, -0.25) is 13.9 Å². The Hall–Kier alpha value is -2.71. The van der Waals surface area contributed by atoms with Gasteiger partial charge < -0.3 is 14.0 Å². The van der Waals surface area contributed by atoms with Crippen molar-refractivity contribution in [2.45, 2.75) is 71.9 Å². The number of aromatic nitrogens is 4. The summed E-state index contributed by atoms with van der Waals surface area (Å²) in [5.41, 5.74) is 2.51.